The number of anilines is 2. The van der Waals surface area contributed by atoms with E-state index in [9.17, 15) is 9.90 Å². The molecule has 2 aromatic rings. The maximum absolute atomic E-state index is 10.6. The van der Waals surface area contributed by atoms with Crippen LogP contribution in [0.25, 0.3) is 0 Å². The van der Waals surface area contributed by atoms with E-state index in [0.29, 0.717) is 6.42 Å². The van der Waals surface area contributed by atoms with Gasteiger partial charge in [0.25, 0.3) is 0 Å². The molecule has 0 heterocycles. The van der Waals surface area contributed by atoms with Crippen molar-refractivity contribution in [3.63, 3.8) is 0 Å². The van der Waals surface area contributed by atoms with Gasteiger partial charge in [0.2, 0.25) is 0 Å². The minimum atomic E-state index is -1.32. The van der Waals surface area contributed by atoms with Crippen molar-refractivity contribution in [1.29, 1.82) is 0 Å². The molecule has 1 atom stereocenters. The molecule has 0 saturated heterocycles. The fraction of sp³-hybridized carbons (Fsp3) is 0.188. The van der Waals surface area contributed by atoms with Crippen molar-refractivity contribution in [2.75, 3.05) is 5.32 Å². The smallest absolute Gasteiger partial charge is 0.332 e. The first-order chi connectivity index (χ1) is 9.66. The number of aliphatic hydroxyl groups is 1. The van der Waals surface area contributed by atoms with Crippen LogP contribution in [0.5, 0.6) is 0 Å². The van der Waals surface area contributed by atoms with Crippen LogP contribution in [0.1, 0.15) is 12.0 Å². The highest BCUT2D eigenvalue weighted by atomic mass is 16.4. The quantitative estimate of drug-likeness (QED) is 0.755. The predicted molar refractivity (Wildman–Crippen MR) is 78.1 cm³/mol. The third-order valence-corrected chi connectivity index (χ3v) is 3.04. The predicted octanol–water partition coefficient (Wildman–Crippen LogP) is 2.81. The zero-order chi connectivity index (χ0) is 14.4. The summed E-state index contributed by atoms with van der Waals surface area (Å²) in [7, 11) is 0. The van der Waals surface area contributed by atoms with Gasteiger partial charge in [-0.1, -0.05) is 36.4 Å². The Bertz CT molecular complexity index is 569. The number of benzene rings is 2. The maximum atomic E-state index is 10.6. The Morgan fingerprint density at radius 2 is 1.70 bits per heavy atom. The molecule has 4 nitrogen and oxygen atoms in total. The molecule has 104 valence electrons. The van der Waals surface area contributed by atoms with Crippen molar-refractivity contribution in [1.82, 2.24) is 0 Å². The van der Waals surface area contributed by atoms with Crippen LogP contribution in [0.3, 0.4) is 0 Å². The lowest BCUT2D eigenvalue weighted by atomic mass is 10.0. The standard InChI is InChI=1S/C16H17NO3/c18-15(16(19)20)11-10-12-6-4-5-9-14(12)17-13-7-2-1-3-8-13/h1-9,15,17-18H,10-11H2,(H,19,20). The summed E-state index contributed by atoms with van der Waals surface area (Å²) < 4.78 is 0. The number of carboxylic acids is 1. The van der Waals surface area contributed by atoms with Crippen molar-refractivity contribution in [3.05, 3.63) is 60.2 Å². The normalized spacial score (nSPS) is 11.8. The molecular formula is C16H17NO3. The van der Waals surface area contributed by atoms with Gasteiger partial charge in [0.15, 0.2) is 6.10 Å². The Morgan fingerprint density at radius 1 is 1.05 bits per heavy atom. The minimum Gasteiger partial charge on any atom is -0.479 e. The van der Waals surface area contributed by atoms with Gasteiger partial charge in [0.1, 0.15) is 0 Å². The zero-order valence-corrected chi connectivity index (χ0v) is 11.0. The number of para-hydroxylation sites is 2. The molecular weight excluding hydrogens is 254 g/mol. The van der Waals surface area contributed by atoms with Gasteiger partial charge in [0, 0.05) is 11.4 Å². The number of aryl methyl sites for hydroxylation is 1. The number of hydrogen-bond acceptors (Lipinski definition) is 3. The summed E-state index contributed by atoms with van der Waals surface area (Å²) in [6, 6.07) is 17.4. The fourth-order valence-electron chi connectivity index (χ4n) is 1.95. The molecule has 1 unspecified atom stereocenters. The molecule has 3 N–H and O–H groups in total. The summed E-state index contributed by atoms with van der Waals surface area (Å²) in [5.41, 5.74) is 2.88. The van der Waals surface area contributed by atoms with Crippen LogP contribution in [-0.4, -0.2) is 22.3 Å². The number of aliphatic hydroxyl groups excluding tert-OH is 1. The Morgan fingerprint density at radius 3 is 2.40 bits per heavy atom. The van der Waals surface area contributed by atoms with Crippen LogP contribution in [0.15, 0.2) is 54.6 Å². The molecule has 0 aliphatic carbocycles. The Balaban J connectivity index is 2.08. The third-order valence-electron chi connectivity index (χ3n) is 3.04. The highest BCUT2D eigenvalue weighted by Crippen LogP contribution is 2.22. The van der Waals surface area contributed by atoms with Gasteiger partial charge in [-0.15, -0.1) is 0 Å². The fourth-order valence-corrected chi connectivity index (χ4v) is 1.95. The second-order valence-corrected chi connectivity index (χ2v) is 4.54. The van der Waals surface area contributed by atoms with Gasteiger partial charge >= 0.3 is 5.97 Å². The van der Waals surface area contributed by atoms with E-state index in [0.717, 1.165) is 16.9 Å². The first-order valence-electron chi connectivity index (χ1n) is 6.47. The average Bonchev–Trinajstić information content (AvgIpc) is 2.47. The summed E-state index contributed by atoms with van der Waals surface area (Å²) in [6.45, 7) is 0. The van der Waals surface area contributed by atoms with E-state index in [1.54, 1.807) is 0 Å². The summed E-state index contributed by atoms with van der Waals surface area (Å²) in [5.74, 6) is -1.18. The van der Waals surface area contributed by atoms with Crippen molar-refractivity contribution in [2.45, 2.75) is 18.9 Å². The van der Waals surface area contributed by atoms with Crippen molar-refractivity contribution >= 4 is 17.3 Å². The first kappa shape index (κ1) is 14.1. The lowest BCUT2D eigenvalue weighted by Crippen LogP contribution is -2.20. The van der Waals surface area contributed by atoms with E-state index in [1.165, 1.54) is 0 Å². The molecule has 0 saturated carbocycles. The first-order valence-corrected chi connectivity index (χ1v) is 6.47. The second-order valence-electron chi connectivity index (χ2n) is 4.54. The van der Waals surface area contributed by atoms with Crippen molar-refractivity contribution < 1.29 is 15.0 Å². The Kier molecular flexibility index (Phi) is 4.74. The highest BCUT2D eigenvalue weighted by molar-refractivity contribution is 5.72. The largest absolute Gasteiger partial charge is 0.479 e. The Hall–Kier alpha value is -2.33. The van der Waals surface area contributed by atoms with Gasteiger partial charge in [-0.05, 0) is 36.6 Å². The van der Waals surface area contributed by atoms with Crippen LogP contribution in [-0.2, 0) is 11.2 Å². The zero-order valence-electron chi connectivity index (χ0n) is 11.0. The summed E-state index contributed by atoms with van der Waals surface area (Å²) >= 11 is 0. The summed E-state index contributed by atoms with van der Waals surface area (Å²) in [6.07, 6.45) is -0.619. The Labute approximate surface area is 117 Å². The van der Waals surface area contributed by atoms with Gasteiger partial charge in [-0.25, -0.2) is 4.79 Å². The molecule has 0 aliphatic rings. The van der Waals surface area contributed by atoms with Crippen LogP contribution in [0, 0.1) is 0 Å². The van der Waals surface area contributed by atoms with Gasteiger partial charge in [-0.3, -0.25) is 0 Å². The van der Waals surface area contributed by atoms with E-state index >= 15 is 0 Å². The molecule has 0 aromatic heterocycles. The van der Waals surface area contributed by atoms with Crippen molar-refractivity contribution in [2.24, 2.45) is 0 Å². The summed E-state index contributed by atoms with van der Waals surface area (Å²) in [4.78, 5) is 10.6. The third kappa shape index (κ3) is 3.83. The van der Waals surface area contributed by atoms with E-state index in [2.05, 4.69) is 5.32 Å². The maximum Gasteiger partial charge on any atom is 0.332 e. The monoisotopic (exact) mass is 271 g/mol. The molecule has 0 spiro atoms. The molecule has 20 heavy (non-hydrogen) atoms. The second kappa shape index (κ2) is 6.73. The molecule has 0 bridgehead atoms. The highest BCUT2D eigenvalue weighted by Gasteiger charge is 2.13. The minimum absolute atomic E-state index is 0.197. The number of carbonyl (C=O) groups is 1. The topological polar surface area (TPSA) is 69.6 Å². The van der Waals surface area contributed by atoms with Gasteiger partial charge < -0.3 is 15.5 Å². The number of carboxylic acid groups (broad SMARTS) is 1. The van der Waals surface area contributed by atoms with E-state index < -0.39 is 12.1 Å². The van der Waals surface area contributed by atoms with Crippen LogP contribution < -0.4 is 5.32 Å². The molecule has 0 fully saturated rings. The number of nitrogens with one attached hydrogen (secondary N) is 1. The van der Waals surface area contributed by atoms with E-state index in [-0.39, 0.29) is 6.42 Å². The molecule has 0 radical (unpaired) electrons. The molecule has 2 rings (SSSR count). The molecule has 2 aromatic carbocycles. The molecule has 0 amide bonds. The van der Waals surface area contributed by atoms with Crippen molar-refractivity contribution in [3.8, 4) is 0 Å². The number of rotatable bonds is 6. The lowest BCUT2D eigenvalue weighted by molar-refractivity contribution is -0.146. The SMILES string of the molecule is O=C(O)C(O)CCc1ccccc1Nc1ccccc1. The lowest BCUT2D eigenvalue weighted by Gasteiger charge is -2.13. The molecule has 4 heteroatoms. The van der Waals surface area contributed by atoms with Crippen LogP contribution >= 0.6 is 0 Å². The van der Waals surface area contributed by atoms with E-state index in [4.69, 9.17) is 5.11 Å². The number of aliphatic carboxylic acids is 1. The summed E-state index contributed by atoms with van der Waals surface area (Å²) in [5, 5.41) is 21.3. The average molecular weight is 271 g/mol. The van der Waals surface area contributed by atoms with Crippen LogP contribution in [0.2, 0.25) is 0 Å². The van der Waals surface area contributed by atoms with Gasteiger partial charge in [-0.2, -0.15) is 0 Å². The number of hydrogen-bond donors (Lipinski definition) is 3. The van der Waals surface area contributed by atoms with Crippen LogP contribution in [0.4, 0.5) is 11.4 Å². The molecule has 0 aliphatic heterocycles. The van der Waals surface area contributed by atoms with Gasteiger partial charge in [0.05, 0.1) is 0 Å². The van der Waals surface area contributed by atoms with E-state index in [1.807, 2.05) is 54.6 Å².